The van der Waals surface area contributed by atoms with Crippen LogP contribution in [0.4, 0.5) is 0 Å². The Labute approximate surface area is 185 Å². The molecule has 0 saturated carbocycles. The average molecular weight is 427 g/mol. The van der Waals surface area contributed by atoms with Crippen LogP contribution in [-0.4, -0.2) is 42.8 Å². The van der Waals surface area contributed by atoms with E-state index in [4.69, 9.17) is 0 Å². The van der Waals surface area contributed by atoms with Gasteiger partial charge in [0.15, 0.2) is 0 Å². The summed E-state index contributed by atoms with van der Waals surface area (Å²) >= 11 is 2.01. The fraction of sp³-hybridized carbons (Fsp3) is 0.708. The molecule has 0 amide bonds. The highest BCUT2D eigenvalue weighted by atomic mass is 35.5. The zero-order chi connectivity index (χ0) is 19.9. The highest BCUT2D eigenvalue weighted by Crippen LogP contribution is 2.35. The van der Waals surface area contributed by atoms with E-state index in [0.717, 1.165) is 0 Å². The minimum atomic E-state index is 0. The van der Waals surface area contributed by atoms with Gasteiger partial charge in [-0.1, -0.05) is 101 Å². The highest BCUT2D eigenvalue weighted by molar-refractivity contribution is 8.13. The number of hydrogen-bond acceptors (Lipinski definition) is 1. The van der Waals surface area contributed by atoms with E-state index in [0.29, 0.717) is 5.25 Å². The van der Waals surface area contributed by atoms with Crippen LogP contribution in [0.15, 0.2) is 30.3 Å². The fourth-order valence-corrected chi connectivity index (χ4v) is 4.77. The number of rotatable bonds is 13. The van der Waals surface area contributed by atoms with Crippen molar-refractivity contribution in [1.82, 2.24) is 4.90 Å². The molecule has 0 aliphatic rings. The molecular formula is C24H43ClN2S. The van der Waals surface area contributed by atoms with Gasteiger partial charge in [-0.05, 0) is 23.7 Å². The van der Waals surface area contributed by atoms with Crippen molar-refractivity contribution >= 4 is 16.9 Å². The minimum Gasteiger partial charge on any atom is -1.00 e. The van der Waals surface area contributed by atoms with E-state index in [1.807, 2.05) is 11.8 Å². The monoisotopic (exact) mass is 426 g/mol. The summed E-state index contributed by atoms with van der Waals surface area (Å²) in [7, 11) is 8.57. The zero-order valence-electron chi connectivity index (χ0n) is 18.9. The molecule has 0 bridgehead atoms. The van der Waals surface area contributed by atoms with Crippen molar-refractivity contribution in [2.45, 2.75) is 82.8 Å². The maximum atomic E-state index is 2.29. The third-order valence-corrected chi connectivity index (χ3v) is 6.74. The predicted octanol–water partition coefficient (Wildman–Crippen LogP) is 3.97. The summed E-state index contributed by atoms with van der Waals surface area (Å²) in [5.41, 5.74) is 1.46. The second-order valence-electron chi connectivity index (χ2n) is 8.06. The molecule has 1 unspecified atom stereocenters. The SMILES string of the molecule is CCCCCCCCCCCCC(SC(N(C)C)=[N+](C)C)c1ccccc1.[Cl-]. The number of benzene rings is 1. The standard InChI is InChI=1S/C24H43N2S.ClH/c1-6-7-8-9-10-11-12-13-14-18-21-23(22-19-16-15-17-20-22)27-24(25(2)3)26(4)5;/h15-17,19-20,23H,6-14,18,21H2,1-5H3;1H/q+1;/p-1. The molecule has 0 fully saturated rings. The lowest BCUT2D eigenvalue weighted by Gasteiger charge is -2.19. The Kier molecular flexibility index (Phi) is 16.8. The Morgan fingerprint density at radius 2 is 1.36 bits per heavy atom. The summed E-state index contributed by atoms with van der Waals surface area (Å²) in [6, 6.07) is 11.0. The first-order chi connectivity index (χ1) is 13.1. The van der Waals surface area contributed by atoms with Crippen LogP contribution in [0.5, 0.6) is 0 Å². The molecule has 1 rings (SSSR count). The fourth-order valence-electron chi connectivity index (χ4n) is 3.52. The van der Waals surface area contributed by atoms with E-state index >= 15 is 0 Å². The second-order valence-corrected chi connectivity index (χ2v) is 9.23. The highest BCUT2D eigenvalue weighted by Gasteiger charge is 2.21. The van der Waals surface area contributed by atoms with Crippen molar-refractivity contribution in [2.75, 3.05) is 28.2 Å². The van der Waals surface area contributed by atoms with Gasteiger partial charge in [-0.2, -0.15) is 0 Å². The molecule has 1 aromatic rings. The third kappa shape index (κ3) is 12.0. The summed E-state index contributed by atoms with van der Waals surface area (Å²) < 4.78 is 2.24. The van der Waals surface area contributed by atoms with Crippen LogP contribution in [0.1, 0.15) is 88.4 Å². The average Bonchev–Trinajstić information content (AvgIpc) is 2.65. The third-order valence-electron chi connectivity index (χ3n) is 5.00. The molecule has 162 valence electrons. The van der Waals surface area contributed by atoms with Crippen LogP contribution in [0.2, 0.25) is 0 Å². The maximum absolute atomic E-state index is 2.29. The molecule has 0 saturated heterocycles. The first kappa shape index (κ1) is 27.3. The van der Waals surface area contributed by atoms with Crippen LogP contribution in [0, 0.1) is 0 Å². The zero-order valence-corrected chi connectivity index (χ0v) is 20.5. The molecule has 1 atom stereocenters. The van der Waals surface area contributed by atoms with Gasteiger partial charge in [-0.25, -0.2) is 0 Å². The van der Waals surface area contributed by atoms with Gasteiger partial charge in [0.25, 0.3) is 0 Å². The molecule has 0 spiro atoms. The summed E-state index contributed by atoms with van der Waals surface area (Å²) in [5.74, 6) is 0. The molecule has 4 heteroatoms. The van der Waals surface area contributed by atoms with Gasteiger partial charge in [0.2, 0.25) is 0 Å². The first-order valence-electron chi connectivity index (χ1n) is 11.0. The second kappa shape index (κ2) is 17.2. The van der Waals surface area contributed by atoms with Crippen molar-refractivity contribution in [3.8, 4) is 0 Å². The normalized spacial score (nSPS) is 11.6. The summed E-state index contributed by atoms with van der Waals surface area (Å²) in [5, 5.41) is 1.87. The van der Waals surface area contributed by atoms with E-state index in [2.05, 4.69) is 74.9 Å². The van der Waals surface area contributed by atoms with E-state index in [1.165, 1.54) is 81.4 Å². The largest absolute Gasteiger partial charge is 1.00 e. The molecule has 0 aliphatic carbocycles. The molecule has 1 aromatic carbocycles. The van der Waals surface area contributed by atoms with Gasteiger partial charge >= 0.3 is 5.17 Å². The smallest absolute Gasteiger partial charge is 0.308 e. The van der Waals surface area contributed by atoms with Gasteiger partial charge in [0.1, 0.15) is 0 Å². The van der Waals surface area contributed by atoms with Crippen LogP contribution in [-0.2, 0) is 0 Å². The van der Waals surface area contributed by atoms with Crippen molar-refractivity contribution < 1.29 is 17.0 Å². The molecule has 0 aliphatic heterocycles. The first-order valence-corrected chi connectivity index (χ1v) is 11.9. The predicted molar refractivity (Wildman–Crippen MR) is 124 cm³/mol. The van der Waals surface area contributed by atoms with Crippen molar-refractivity contribution in [3.05, 3.63) is 35.9 Å². The Morgan fingerprint density at radius 1 is 0.857 bits per heavy atom. The summed E-state index contributed by atoms with van der Waals surface area (Å²) in [4.78, 5) is 2.24. The van der Waals surface area contributed by atoms with Crippen molar-refractivity contribution in [3.63, 3.8) is 0 Å². The molecule has 0 heterocycles. The number of unbranched alkanes of at least 4 members (excludes halogenated alkanes) is 9. The number of amidine groups is 1. The lowest BCUT2D eigenvalue weighted by molar-refractivity contribution is -0.466. The van der Waals surface area contributed by atoms with Crippen LogP contribution < -0.4 is 12.4 Å². The number of hydrogen-bond donors (Lipinski definition) is 0. The van der Waals surface area contributed by atoms with Crippen LogP contribution >= 0.6 is 11.8 Å². The van der Waals surface area contributed by atoms with E-state index in [-0.39, 0.29) is 12.4 Å². The van der Waals surface area contributed by atoms with Gasteiger partial charge in [-0.3, -0.25) is 9.48 Å². The number of halogens is 1. The van der Waals surface area contributed by atoms with Crippen molar-refractivity contribution in [2.24, 2.45) is 0 Å². The Bertz CT molecular complexity index is 513. The van der Waals surface area contributed by atoms with E-state index in [9.17, 15) is 0 Å². The molecule has 0 N–H and O–H groups in total. The van der Waals surface area contributed by atoms with Crippen LogP contribution in [0.3, 0.4) is 0 Å². The number of nitrogens with zero attached hydrogens (tertiary/aromatic N) is 2. The lowest BCUT2D eigenvalue weighted by atomic mass is 10.0. The van der Waals surface area contributed by atoms with E-state index < -0.39 is 0 Å². The van der Waals surface area contributed by atoms with Crippen LogP contribution in [0.25, 0.3) is 0 Å². The minimum absolute atomic E-state index is 0. The quantitative estimate of drug-likeness (QED) is 0.204. The van der Waals surface area contributed by atoms with Gasteiger partial charge in [-0.15, -0.1) is 0 Å². The van der Waals surface area contributed by atoms with E-state index in [1.54, 1.807) is 0 Å². The summed E-state index contributed by atoms with van der Waals surface area (Å²) in [6.07, 6.45) is 15.3. The van der Waals surface area contributed by atoms with Crippen molar-refractivity contribution in [1.29, 1.82) is 0 Å². The molecular weight excluding hydrogens is 384 g/mol. The Hall–Kier alpha value is -0.670. The topological polar surface area (TPSA) is 6.25 Å². The Morgan fingerprint density at radius 3 is 1.82 bits per heavy atom. The van der Waals surface area contributed by atoms with Gasteiger partial charge in [0.05, 0.1) is 28.2 Å². The number of thioether (sulfide) groups is 1. The molecule has 0 aromatic heterocycles. The molecule has 28 heavy (non-hydrogen) atoms. The van der Waals surface area contributed by atoms with Gasteiger partial charge < -0.3 is 12.4 Å². The maximum Gasteiger partial charge on any atom is 0.308 e. The van der Waals surface area contributed by atoms with Gasteiger partial charge in [0, 0.05) is 5.25 Å². The Balaban J connectivity index is 0.00000729. The molecule has 2 nitrogen and oxygen atoms in total. The molecule has 0 radical (unpaired) electrons. The lowest BCUT2D eigenvalue weighted by Crippen LogP contribution is -3.00. The summed E-state index contributed by atoms with van der Waals surface area (Å²) in [6.45, 7) is 2.29.